The second-order valence-electron chi connectivity index (χ2n) is 5.87. The molecule has 0 aromatic carbocycles. The van der Waals surface area contributed by atoms with Crippen molar-refractivity contribution in [2.45, 2.75) is 57.9 Å². The zero-order valence-electron chi connectivity index (χ0n) is 11.0. The van der Waals surface area contributed by atoms with Crippen molar-refractivity contribution in [1.29, 1.82) is 0 Å². The Balaban J connectivity index is 1.62. The van der Waals surface area contributed by atoms with Crippen LogP contribution in [0.15, 0.2) is 0 Å². The van der Waals surface area contributed by atoms with Gasteiger partial charge in [-0.1, -0.05) is 32.6 Å². The summed E-state index contributed by atoms with van der Waals surface area (Å²) in [6.45, 7) is 4.09. The fraction of sp³-hybridized carbons (Fsp3) is 0.929. The minimum atomic E-state index is 0.0577. The highest BCUT2D eigenvalue weighted by Gasteiger charge is 2.24. The van der Waals surface area contributed by atoms with E-state index in [0.29, 0.717) is 5.92 Å². The van der Waals surface area contributed by atoms with Crippen molar-refractivity contribution < 1.29 is 4.79 Å². The van der Waals surface area contributed by atoms with Crippen LogP contribution < -0.4 is 10.6 Å². The summed E-state index contributed by atoms with van der Waals surface area (Å²) >= 11 is 0. The number of amides is 1. The third kappa shape index (κ3) is 3.98. The van der Waals surface area contributed by atoms with E-state index in [-0.39, 0.29) is 11.9 Å². The van der Waals surface area contributed by atoms with E-state index in [1.165, 1.54) is 38.5 Å². The van der Waals surface area contributed by atoms with Gasteiger partial charge in [-0.2, -0.15) is 0 Å². The van der Waals surface area contributed by atoms with E-state index in [1.807, 2.05) is 0 Å². The van der Waals surface area contributed by atoms with Gasteiger partial charge in [0.05, 0.1) is 6.04 Å². The summed E-state index contributed by atoms with van der Waals surface area (Å²) in [5, 5.41) is 6.41. The first-order valence-electron chi connectivity index (χ1n) is 7.27. The molecule has 0 spiro atoms. The second kappa shape index (κ2) is 6.39. The number of hydrogen-bond acceptors (Lipinski definition) is 2. The number of piperidine rings is 1. The second-order valence-corrected chi connectivity index (χ2v) is 5.87. The van der Waals surface area contributed by atoms with Gasteiger partial charge in [0.1, 0.15) is 0 Å². The van der Waals surface area contributed by atoms with E-state index in [0.717, 1.165) is 25.4 Å². The van der Waals surface area contributed by atoms with Crippen molar-refractivity contribution in [3.8, 4) is 0 Å². The van der Waals surface area contributed by atoms with Crippen LogP contribution in [0.2, 0.25) is 0 Å². The van der Waals surface area contributed by atoms with Gasteiger partial charge in [-0.3, -0.25) is 4.79 Å². The molecule has 0 radical (unpaired) electrons. The molecule has 1 saturated heterocycles. The summed E-state index contributed by atoms with van der Waals surface area (Å²) < 4.78 is 0. The monoisotopic (exact) mass is 238 g/mol. The average molecular weight is 238 g/mol. The number of hydrogen-bond donors (Lipinski definition) is 2. The molecule has 2 aliphatic rings. The van der Waals surface area contributed by atoms with Crippen molar-refractivity contribution in [3.05, 3.63) is 0 Å². The first-order chi connectivity index (χ1) is 8.25. The van der Waals surface area contributed by atoms with Crippen molar-refractivity contribution in [3.63, 3.8) is 0 Å². The maximum absolute atomic E-state index is 11.9. The lowest BCUT2D eigenvalue weighted by Gasteiger charge is -2.27. The first-order valence-corrected chi connectivity index (χ1v) is 7.27. The molecule has 3 nitrogen and oxygen atoms in total. The Morgan fingerprint density at radius 1 is 1.29 bits per heavy atom. The Morgan fingerprint density at radius 3 is 2.76 bits per heavy atom. The van der Waals surface area contributed by atoms with Crippen molar-refractivity contribution in [2.75, 3.05) is 13.1 Å². The molecule has 2 rings (SSSR count). The Labute approximate surface area is 105 Å². The number of rotatable bonds is 4. The third-order valence-corrected chi connectivity index (χ3v) is 4.31. The smallest absolute Gasteiger partial charge is 0.237 e. The Kier molecular flexibility index (Phi) is 4.84. The highest BCUT2D eigenvalue weighted by Crippen LogP contribution is 2.26. The van der Waals surface area contributed by atoms with Crippen LogP contribution >= 0.6 is 0 Å². The van der Waals surface area contributed by atoms with E-state index in [4.69, 9.17) is 0 Å². The molecule has 2 atom stereocenters. The zero-order chi connectivity index (χ0) is 12.1. The first kappa shape index (κ1) is 12.9. The molecule has 1 aliphatic carbocycles. The van der Waals surface area contributed by atoms with E-state index in [1.54, 1.807) is 0 Å². The summed E-state index contributed by atoms with van der Waals surface area (Å²) in [4.78, 5) is 11.9. The Bertz CT molecular complexity index is 249. The van der Waals surface area contributed by atoms with Gasteiger partial charge in [0.25, 0.3) is 0 Å². The Morgan fingerprint density at radius 2 is 2.06 bits per heavy atom. The number of carbonyl (C=O) groups excluding carboxylic acids is 1. The van der Waals surface area contributed by atoms with Gasteiger partial charge < -0.3 is 10.6 Å². The predicted octanol–water partition coefficient (Wildman–Crippen LogP) is 2.07. The fourth-order valence-corrected chi connectivity index (χ4v) is 3.13. The lowest BCUT2D eigenvalue weighted by atomic mass is 9.94. The van der Waals surface area contributed by atoms with Gasteiger partial charge in [0.2, 0.25) is 5.91 Å². The molecule has 0 bridgehead atoms. The van der Waals surface area contributed by atoms with E-state index < -0.39 is 0 Å². The Hall–Kier alpha value is -0.570. The molecule has 0 aromatic rings. The minimum absolute atomic E-state index is 0.0577. The standard InChI is InChI=1S/C14H26N2O/c1-11-6-8-15-13(10-11)14(17)16-9-7-12-4-2-3-5-12/h11-13,15H,2-10H2,1H3,(H,16,17). The van der Waals surface area contributed by atoms with Crippen LogP contribution in [-0.2, 0) is 4.79 Å². The maximum atomic E-state index is 11.9. The SMILES string of the molecule is CC1CCNC(C(=O)NCCC2CCCC2)C1. The van der Waals surface area contributed by atoms with Crippen LogP contribution in [0, 0.1) is 11.8 Å². The van der Waals surface area contributed by atoms with Crippen LogP contribution in [0.1, 0.15) is 51.9 Å². The molecule has 3 heteroatoms. The molecule has 1 heterocycles. The van der Waals surface area contributed by atoms with Gasteiger partial charge in [-0.05, 0) is 37.6 Å². The molecule has 1 saturated carbocycles. The average Bonchev–Trinajstić information content (AvgIpc) is 2.82. The quantitative estimate of drug-likeness (QED) is 0.787. The van der Waals surface area contributed by atoms with E-state index in [2.05, 4.69) is 17.6 Å². The molecular formula is C14H26N2O. The zero-order valence-corrected chi connectivity index (χ0v) is 11.0. The summed E-state index contributed by atoms with van der Waals surface area (Å²) in [6, 6.07) is 0.0577. The largest absolute Gasteiger partial charge is 0.355 e. The van der Waals surface area contributed by atoms with Gasteiger partial charge in [-0.15, -0.1) is 0 Å². The van der Waals surface area contributed by atoms with E-state index in [9.17, 15) is 4.79 Å². The summed E-state index contributed by atoms with van der Waals surface area (Å²) in [6.07, 6.45) is 8.89. The molecule has 2 N–H and O–H groups in total. The van der Waals surface area contributed by atoms with Crippen LogP contribution in [0.4, 0.5) is 0 Å². The van der Waals surface area contributed by atoms with Gasteiger partial charge >= 0.3 is 0 Å². The predicted molar refractivity (Wildman–Crippen MR) is 69.8 cm³/mol. The molecule has 1 amide bonds. The molecule has 2 unspecified atom stereocenters. The van der Waals surface area contributed by atoms with Crippen LogP contribution in [0.5, 0.6) is 0 Å². The van der Waals surface area contributed by atoms with Gasteiger partial charge in [0.15, 0.2) is 0 Å². The highest BCUT2D eigenvalue weighted by molar-refractivity contribution is 5.81. The lowest BCUT2D eigenvalue weighted by molar-refractivity contribution is -0.124. The molecule has 2 fully saturated rings. The van der Waals surface area contributed by atoms with Crippen LogP contribution in [-0.4, -0.2) is 25.0 Å². The summed E-state index contributed by atoms with van der Waals surface area (Å²) in [5.41, 5.74) is 0. The molecule has 98 valence electrons. The topological polar surface area (TPSA) is 41.1 Å². The molecule has 17 heavy (non-hydrogen) atoms. The fourth-order valence-electron chi connectivity index (χ4n) is 3.13. The lowest BCUT2D eigenvalue weighted by Crippen LogP contribution is -2.48. The normalized spacial score (nSPS) is 30.4. The molecular weight excluding hydrogens is 212 g/mol. The molecule has 1 aliphatic heterocycles. The summed E-state index contributed by atoms with van der Waals surface area (Å²) in [7, 11) is 0. The van der Waals surface area contributed by atoms with Crippen molar-refractivity contribution >= 4 is 5.91 Å². The number of nitrogens with one attached hydrogen (secondary N) is 2. The van der Waals surface area contributed by atoms with Gasteiger partial charge in [0, 0.05) is 6.54 Å². The van der Waals surface area contributed by atoms with Crippen LogP contribution in [0.3, 0.4) is 0 Å². The maximum Gasteiger partial charge on any atom is 0.237 e. The van der Waals surface area contributed by atoms with Crippen molar-refractivity contribution in [1.82, 2.24) is 10.6 Å². The number of carbonyl (C=O) groups is 1. The van der Waals surface area contributed by atoms with E-state index >= 15 is 0 Å². The van der Waals surface area contributed by atoms with Gasteiger partial charge in [-0.25, -0.2) is 0 Å². The minimum Gasteiger partial charge on any atom is -0.355 e. The highest BCUT2D eigenvalue weighted by atomic mass is 16.2. The third-order valence-electron chi connectivity index (χ3n) is 4.31. The molecule has 0 aromatic heterocycles. The van der Waals surface area contributed by atoms with Crippen molar-refractivity contribution in [2.24, 2.45) is 11.8 Å². The summed E-state index contributed by atoms with van der Waals surface area (Å²) in [5.74, 6) is 1.77. The van der Waals surface area contributed by atoms with Crippen LogP contribution in [0.25, 0.3) is 0 Å².